The van der Waals surface area contributed by atoms with Crippen molar-refractivity contribution in [1.29, 1.82) is 0 Å². The summed E-state index contributed by atoms with van der Waals surface area (Å²) in [6.07, 6.45) is 1.72. The minimum Gasteiger partial charge on any atom is -0.375 e. The third-order valence-electron chi connectivity index (χ3n) is 4.29. The molecule has 0 spiro atoms. The smallest absolute Gasteiger partial charge is 0.0887 e. The van der Waals surface area contributed by atoms with Crippen LogP contribution in [-0.4, -0.2) is 18.8 Å². The van der Waals surface area contributed by atoms with Gasteiger partial charge in [-0.05, 0) is 54.7 Å². The number of hydrogen-bond acceptors (Lipinski definition) is 3. The molecule has 0 bridgehead atoms. The van der Waals surface area contributed by atoms with Gasteiger partial charge in [-0.1, -0.05) is 25.4 Å². The maximum atomic E-state index is 6.22. The molecular formula is C15H23BrClNOS. The molecule has 20 heavy (non-hydrogen) atoms. The first-order chi connectivity index (χ1) is 9.45. The van der Waals surface area contributed by atoms with E-state index < -0.39 is 0 Å². The van der Waals surface area contributed by atoms with Crippen molar-refractivity contribution in [2.75, 3.05) is 6.54 Å². The molecule has 1 N–H and O–H groups in total. The van der Waals surface area contributed by atoms with E-state index in [4.69, 9.17) is 16.3 Å². The van der Waals surface area contributed by atoms with Crippen LogP contribution in [0.3, 0.4) is 0 Å². The molecule has 114 valence electrons. The SMILES string of the molecule is CCCNC(c1cc(Cl)c(Br)s1)C1C(C)OC(C)C1C. The molecule has 1 aliphatic rings. The maximum Gasteiger partial charge on any atom is 0.0887 e. The molecule has 5 atom stereocenters. The zero-order chi connectivity index (χ0) is 14.9. The van der Waals surface area contributed by atoms with Gasteiger partial charge in [0.15, 0.2) is 0 Å². The average molecular weight is 381 g/mol. The van der Waals surface area contributed by atoms with Crippen LogP contribution in [0.5, 0.6) is 0 Å². The number of rotatable bonds is 5. The van der Waals surface area contributed by atoms with Crippen molar-refractivity contribution < 1.29 is 4.74 Å². The molecule has 0 aliphatic carbocycles. The quantitative estimate of drug-likeness (QED) is 0.752. The molecule has 2 nitrogen and oxygen atoms in total. The Kier molecular flexibility index (Phi) is 5.95. The molecule has 0 saturated carbocycles. The van der Waals surface area contributed by atoms with Crippen molar-refractivity contribution >= 4 is 38.9 Å². The second kappa shape index (κ2) is 7.10. The van der Waals surface area contributed by atoms with E-state index in [1.165, 1.54) is 4.88 Å². The van der Waals surface area contributed by atoms with Gasteiger partial charge in [0.2, 0.25) is 0 Å². The Labute approximate surface area is 139 Å². The molecule has 5 unspecified atom stereocenters. The van der Waals surface area contributed by atoms with Gasteiger partial charge in [0.05, 0.1) is 21.0 Å². The molecular weight excluding hydrogens is 358 g/mol. The third-order valence-corrected chi connectivity index (χ3v) is 6.85. The van der Waals surface area contributed by atoms with Crippen molar-refractivity contribution in [3.05, 3.63) is 19.8 Å². The molecule has 1 aromatic heterocycles. The van der Waals surface area contributed by atoms with E-state index in [2.05, 4.69) is 55.0 Å². The van der Waals surface area contributed by atoms with Crippen LogP contribution in [-0.2, 0) is 4.74 Å². The highest BCUT2D eigenvalue weighted by Crippen LogP contribution is 2.44. The Balaban J connectivity index is 2.27. The molecule has 2 heterocycles. The third kappa shape index (κ3) is 3.41. The van der Waals surface area contributed by atoms with Gasteiger partial charge in [0.1, 0.15) is 0 Å². The Hall–Kier alpha value is 0.390. The lowest BCUT2D eigenvalue weighted by Crippen LogP contribution is -2.34. The van der Waals surface area contributed by atoms with Crippen LogP contribution in [0.15, 0.2) is 9.85 Å². The number of ether oxygens (including phenoxy) is 1. The zero-order valence-electron chi connectivity index (χ0n) is 12.5. The van der Waals surface area contributed by atoms with Crippen LogP contribution in [0.2, 0.25) is 5.02 Å². The highest BCUT2D eigenvalue weighted by Gasteiger charge is 2.42. The summed E-state index contributed by atoms with van der Waals surface area (Å²) >= 11 is 11.5. The fourth-order valence-corrected chi connectivity index (χ4v) is 4.99. The summed E-state index contributed by atoms with van der Waals surface area (Å²) in [4.78, 5) is 1.30. The lowest BCUT2D eigenvalue weighted by Gasteiger charge is -2.29. The second-order valence-electron chi connectivity index (χ2n) is 5.68. The maximum absolute atomic E-state index is 6.22. The van der Waals surface area contributed by atoms with Crippen LogP contribution in [0.1, 0.15) is 45.0 Å². The van der Waals surface area contributed by atoms with Gasteiger partial charge in [0, 0.05) is 16.8 Å². The molecule has 0 amide bonds. The van der Waals surface area contributed by atoms with Gasteiger partial charge in [-0.25, -0.2) is 0 Å². The van der Waals surface area contributed by atoms with Crippen molar-refractivity contribution in [3.63, 3.8) is 0 Å². The van der Waals surface area contributed by atoms with Gasteiger partial charge in [0.25, 0.3) is 0 Å². The predicted octanol–water partition coefficient (Wildman–Crippen LogP) is 5.26. The minimum atomic E-state index is 0.272. The molecule has 1 saturated heterocycles. The highest BCUT2D eigenvalue weighted by atomic mass is 79.9. The number of thiophene rings is 1. The van der Waals surface area contributed by atoms with E-state index in [9.17, 15) is 0 Å². The zero-order valence-corrected chi connectivity index (χ0v) is 15.6. The van der Waals surface area contributed by atoms with Gasteiger partial charge in [-0.15, -0.1) is 11.3 Å². The first-order valence-electron chi connectivity index (χ1n) is 7.29. The summed E-state index contributed by atoms with van der Waals surface area (Å²) in [7, 11) is 0. The molecule has 0 radical (unpaired) electrons. The Morgan fingerprint density at radius 2 is 2.10 bits per heavy atom. The Bertz CT molecular complexity index is 434. The summed E-state index contributed by atoms with van der Waals surface area (Å²) < 4.78 is 7.04. The highest BCUT2D eigenvalue weighted by molar-refractivity contribution is 9.11. The first-order valence-corrected chi connectivity index (χ1v) is 9.28. The number of halogens is 2. The van der Waals surface area contributed by atoms with E-state index in [0.717, 1.165) is 21.8 Å². The summed E-state index contributed by atoms with van der Waals surface area (Å²) in [6, 6.07) is 2.41. The van der Waals surface area contributed by atoms with E-state index >= 15 is 0 Å². The average Bonchev–Trinajstić information content (AvgIpc) is 2.84. The molecule has 0 aromatic carbocycles. The fourth-order valence-electron chi connectivity index (χ4n) is 3.11. The normalized spacial score (nSPS) is 31.7. The summed E-state index contributed by atoms with van der Waals surface area (Å²) in [5.41, 5.74) is 0. The Morgan fingerprint density at radius 3 is 2.55 bits per heavy atom. The van der Waals surface area contributed by atoms with E-state index in [1.807, 2.05) is 0 Å². The van der Waals surface area contributed by atoms with Gasteiger partial charge < -0.3 is 10.1 Å². The molecule has 1 aliphatic heterocycles. The summed E-state index contributed by atoms with van der Waals surface area (Å²) in [5, 5.41) is 4.51. The van der Waals surface area contributed by atoms with Crippen molar-refractivity contribution in [2.24, 2.45) is 11.8 Å². The van der Waals surface area contributed by atoms with E-state index in [0.29, 0.717) is 24.0 Å². The van der Waals surface area contributed by atoms with Crippen molar-refractivity contribution in [1.82, 2.24) is 5.32 Å². The predicted molar refractivity (Wildman–Crippen MR) is 90.7 cm³/mol. The monoisotopic (exact) mass is 379 g/mol. The first kappa shape index (κ1) is 16.8. The van der Waals surface area contributed by atoms with E-state index in [1.54, 1.807) is 11.3 Å². The standard InChI is InChI=1S/C15H23BrClNOS/c1-5-6-18-14(12-7-11(17)15(16)20-12)13-8(2)9(3)19-10(13)4/h7-10,13-14,18H,5-6H2,1-4H3. The largest absolute Gasteiger partial charge is 0.375 e. The van der Waals surface area contributed by atoms with Crippen molar-refractivity contribution in [3.8, 4) is 0 Å². The fraction of sp³-hybridized carbons (Fsp3) is 0.733. The number of nitrogens with one attached hydrogen (secondary N) is 1. The Morgan fingerprint density at radius 1 is 1.40 bits per heavy atom. The van der Waals surface area contributed by atoms with Crippen LogP contribution < -0.4 is 5.32 Å². The van der Waals surface area contributed by atoms with Crippen LogP contribution in [0.25, 0.3) is 0 Å². The number of hydrogen-bond donors (Lipinski definition) is 1. The second-order valence-corrected chi connectivity index (χ2v) is 8.49. The molecule has 5 heteroatoms. The van der Waals surface area contributed by atoms with Gasteiger partial charge in [-0.2, -0.15) is 0 Å². The lowest BCUT2D eigenvalue weighted by molar-refractivity contribution is 0.0476. The van der Waals surface area contributed by atoms with Crippen LogP contribution in [0, 0.1) is 11.8 Å². The summed E-state index contributed by atoms with van der Waals surface area (Å²) in [5.74, 6) is 1.03. The van der Waals surface area contributed by atoms with Crippen molar-refractivity contribution in [2.45, 2.75) is 52.4 Å². The van der Waals surface area contributed by atoms with Gasteiger partial charge in [-0.3, -0.25) is 0 Å². The molecule has 2 rings (SSSR count). The minimum absolute atomic E-state index is 0.272. The summed E-state index contributed by atoms with van der Waals surface area (Å²) in [6.45, 7) is 9.87. The molecule has 1 aromatic rings. The van der Waals surface area contributed by atoms with Gasteiger partial charge >= 0.3 is 0 Å². The van der Waals surface area contributed by atoms with Crippen LogP contribution in [0.4, 0.5) is 0 Å². The van der Waals surface area contributed by atoms with Crippen LogP contribution >= 0.6 is 38.9 Å². The van der Waals surface area contributed by atoms with E-state index in [-0.39, 0.29) is 6.10 Å². The molecule has 1 fully saturated rings. The lowest BCUT2D eigenvalue weighted by atomic mass is 9.82. The topological polar surface area (TPSA) is 21.3 Å².